The molecule has 2 aromatic heterocycles. The molecule has 8 heteroatoms. The number of nitrogens with zero attached hydrogens (tertiary/aromatic N) is 4. The second kappa shape index (κ2) is 6.21. The van der Waals surface area contributed by atoms with Gasteiger partial charge in [0.2, 0.25) is 18.2 Å². The van der Waals surface area contributed by atoms with Crippen molar-refractivity contribution in [2.45, 2.75) is 20.4 Å². The zero-order valence-electron chi connectivity index (χ0n) is 12.6. The van der Waals surface area contributed by atoms with E-state index in [9.17, 15) is 4.79 Å². The molecule has 0 fully saturated rings. The maximum Gasteiger partial charge on any atom is 0.247 e. The van der Waals surface area contributed by atoms with Crippen LogP contribution in [0.3, 0.4) is 0 Å². The number of anilines is 1. The molecule has 0 radical (unpaired) electrons. The van der Waals surface area contributed by atoms with E-state index in [-0.39, 0.29) is 12.5 Å². The minimum absolute atomic E-state index is 0.0875. The summed E-state index contributed by atoms with van der Waals surface area (Å²) in [6, 6.07) is 7.17. The Morgan fingerprint density at radius 1 is 1.39 bits per heavy atom. The van der Waals surface area contributed by atoms with Crippen LogP contribution in [-0.2, 0) is 11.3 Å². The van der Waals surface area contributed by atoms with Crippen molar-refractivity contribution in [1.29, 1.82) is 0 Å². The first-order chi connectivity index (χ1) is 11.0. The summed E-state index contributed by atoms with van der Waals surface area (Å²) >= 11 is 6.08. The zero-order chi connectivity index (χ0) is 16.4. The Balaban J connectivity index is 1.73. The van der Waals surface area contributed by atoms with E-state index in [0.717, 1.165) is 11.3 Å². The van der Waals surface area contributed by atoms with E-state index in [1.807, 2.05) is 13.0 Å². The Morgan fingerprint density at radius 3 is 2.87 bits per heavy atom. The molecule has 7 nitrogen and oxygen atoms in total. The Labute approximate surface area is 137 Å². The molecule has 0 spiro atoms. The van der Waals surface area contributed by atoms with E-state index in [0.29, 0.717) is 22.3 Å². The molecule has 118 valence electrons. The van der Waals surface area contributed by atoms with E-state index in [4.69, 9.17) is 16.0 Å². The highest BCUT2D eigenvalue weighted by molar-refractivity contribution is 6.31. The number of nitrogens with one attached hydrogen (secondary N) is 1. The second-order valence-corrected chi connectivity index (χ2v) is 5.39. The first kappa shape index (κ1) is 15.2. The molecule has 3 rings (SSSR count). The van der Waals surface area contributed by atoms with Gasteiger partial charge < -0.3 is 9.73 Å². The van der Waals surface area contributed by atoms with E-state index in [2.05, 4.69) is 20.6 Å². The summed E-state index contributed by atoms with van der Waals surface area (Å²) in [5, 5.41) is 15.1. The van der Waals surface area contributed by atoms with Gasteiger partial charge in [-0.3, -0.25) is 9.48 Å². The predicted octanol–water partition coefficient (Wildman–Crippen LogP) is 2.84. The third kappa shape index (κ3) is 3.24. The minimum Gasteiger partial charge on any atom is -0.423 e. The van der Waals surface area contributed by atoms with Crippen LogP contribution in [0.5, 0.6) is 0 Å². The molecular formula is C15H14ClN5O2. The molecule has 0 aliphatic heterocycles. The maximum absolute atomic E-state index is 12.2. The number of aromatic nitrogens is 4. The first-order valence-corrected chi connectivity index (χ1v) is 7.28. The molecule has 0 atom stereocenters. The number of rotatable bonds is 4. The number of benzene rings is 1. The molecule has 0 saturated carbocycles. The van der Waals surface area contributed by atoms with E-state index in [1.54, 1.807) is 29.8 Å². The molecular weight excluding hydrogens is 318 g/mol. The molecule has 1 N–H and O–H groups in total. The summed E-state index contributed by atoms with van der Waals surface area (Å²) in [5.74, 6) is 0.196. The SMILES string of the molecule is Cc1nn(CC(=O)Nc2cccc(-c3nnco3)c2)c(C)c1Cl. The van der Waals surface area contributed by atoms with E-state index in [1.165, 1.54) is 6.39 Å². The Kier molecular flexibility index (Phi) is 4.12. The number of halogens is 1. The lowest BCUT2D eigenvalue weighted by Gasteiger charge is -2.07. The van der Waals surface area contributed by atoms with Gasteiger partial charge in [0.15, 0.2) is 0 Å². The Hall–Kier alpha value is -2.67. The lowest BCUT2D eigenvalue weighted by molar-refractivity contribution is -0.116. The lowest BCUT2D eigenvalue weighted by Crippen LogP contribution is -2.20. The average Bonchev–Trinajstić information content (AvgIpc) is 3.14. The minimum atomic E-state index is -0.199. The Morgan fingerprint density at radius 2 is 2.22 bits per heavy atom. The van der Waals surface area contributed by atoms with Crippen molar-refractivity contribution in [1.82, 2.24) is 20.0 Å². The second-order valence-electron chi connectivity index (χ2n) is 5.02. The molecule has 0 saturated heterocycles. The number of aryl methyl sites for hydroxylation is 1. The highest BCUT2D eigenvalue weighted by Gasteiger charge is 2.13. The summed E-state index contributed by atoms with van der Waals surface area (Å²) in [5.41, 5.74) is 2.84. The van der Waals surface area contributed by atoms with Gasteiger partial charge in [-0.1, -0.05) is 17.7 Å². The number of amides is 1. The maximum atomic E-state index is 12.2. The smallest absolute Gasteiger partial charge is 0.247 e. The van der Waals surface area contributed by atoms with Crippen molar-refractivity contribution in [2.75, 3.05) is 5.32 Å². The van der Waals surface area contributed by atoms with Crippen molar-refractivity contribution in [2.24, 2.45) is 0 Å². The van der Waals surface area contributed by atoms with Crippen molar-refractivity contribution < 1.29 is 9.21 Å². The van der Waals surface area contributed by atoms with Gasteiger partial charge in [-0.25, -0.2) is 0 Å². The van der Waals surface area contributed by atoms with Crippen molar-refractivity contribution in [3.63, 3.8) is 0 Å². The first-order valence-electron chi connectivity index (χ1n) is 6.90. The molecule has 0 aliphatic rings. The van der Waals surface area contributed by atoms with Crippen LogP contribution in [0, 0.1) is 13.8 Å². The molecule has 2 heterocycles. The summed E-state index contributed by atoms with van der Waals surface area (Å²) in [6.07, 6.45) is 1.26. The summed E-state index contributed by atoms with van der Waals surface area (Å²) in [6.45, 7) is 3.72. The highest BCUT2D eigenvalue weighted by atomic mass is 35.5. The fourth-order valence-corrected chi connectivity index (χ4v) is 2.33. The quantitative estimate of drug-likeness (QED) is 0.794. The van der Waals surface area contributed by atoms with Crippen LogP contribution < -0.4 is 5.32 Å². The van der Waals surface area contributed by atoms with Crippen LogP contribution in [0.15, 0.2) is 35.1 Å². The van der Waals surface area contributed by atoms with E-state index < -0.39 is 0 Å². The fraction of sp³-hybridized carbons (Fsp3) is 0.200. The van der Waals surface area contributed by atoms with Crippen molar-refractivity contribution in [3.8, 4) is 11.5 Å². The third-order valence-corrected chi connectivity index (χ3v) is 3.89. The molecule has 0 unspecified atom stereocenters. The lowest BCUT2D eigenvalue weighted by atomic mass is 10.2. The fourth-order valence-electron chi connectivity index (χ4n) is 2.19. The van der Waals surface area contributed by atoms with Gasteiger partial charge in [0.1, 0.15) is 6.54 Å². The van der Waals surface area contributed by atoms with Crippen LogP contribution >= 0.6 is 11.6 Å². The predicted molar refractivity (Wildman–Crippen MR) is 85.1 cm³/mol. The van der Waals surface area contributed by atoms with Crippen molar-refractivity contribution in [3.05, 3.63) is 47.1 Å². The molecule has 0 bridgehead atoms. The summed E-state index contributed by atoms with van der Waals surface area (Å²) in [4.78, 5) is 12.2. The molecule has 0 aliphatic carbocycles. The third-order valence-electron chi connectivity index (χ3n) is 3.34. The molecule has 3 aromatic rings. The largest absolute Gasteiger partial charge is 0.423 e. The van der Waals surface area contributed by atoms with Gasteiger partial charge in [-0.15, -0.1) is 10.2 Å². The normalized spacial score (nSPS) is 10.7. The van der Waals surface area contributed by atoms with Gasteiger partial charge in [-0.05, 0) is 32.0 Å². The Bertz CT molecular complexity index is 842. The summed E-state index contributed by atoms with van der Waals surface area (Å²) < 4.78 is 6.72. The van der Waals surface area contributed by atoms with Gasteiger partial charge in [0.25, 0.3) is 0 Å². The number of carbonyl (C=O) groups is 1. The van der Waals surface area contributed by atoms with Crippen molar-refractivity contribution >= 4 is 23.2 Å². The van der Waals surface area contributed by atoms with E-state index >= 15 is 0 Å². The molecule has 23 heavy (non-hydrogen) atoms. The zero-order valence-corrected chi connectivity index (χ0v) is 13.3. The summed E-state index contributed by atoms with van der Waals surface area (Å²) in [7, 11) is 0. The standard InChI is InChI=1S/C15H14ClN5O2/c1-9-14(16)10(2)21(20-9)7-13(22)18-12-5-3-4-11(6-12)15-19-17-8-23-15/h3-6,8H,7H2,1-2H3,(H,18,22). The van der Waals surface area contributed by atoms with Gasteiger partial charge in [0.05, 0.1) is 16.4 Å². The monoisotopic (exact) mass is 331 g/mol. The van der Waals surface area contributed by atoms with Crippen LogP contribution in [-0.4, -0.2) is 25.9 Å². The van der Waals surface area contributed by atoms with Gasteiger partial charge in [0, 0.05) is 11.3 Å². The van der Waals surface area contributed by atoms with Crippen LogP contribution in [0.25, 0.3) is 11.5 Å². The number of carbonyl (C=O) groups excluding carboxylic acids is 1. The van der Waals surface area contributed by atoms with Gasteiger partial charge in [-0.2, -0.15) is 5.10 Å². The topological polar surface area (TPSA) is 85.8 Å². The van der Waals surface area contributed by atoms with Gasteiger partial charge >= 0.3 is 0 Å². The molecule has 1 aromatic carbocycles. The number of hydrogen-bond donors (Lipinski definition) is 1. The number of hydrogen-bond acceptors (Lipinski definition) is 5. The molecule has 1 amide bonds. The highest BCUT2D eigenvalue weighted by Crippen LogP contribution is 2.21. The van der Waals surface area contributed by atoms with Crippen LogP contribution in [0.4, 0.5) is 5.69 Å². The van der Waals surface area contributed by atoms with Crippen LogP contribution in [0.2, 0.25) is 5.02 Å². The average molecular weight is 332 g/mol. The van der Waals surface area contributed by atoms with Crippen LogP contribution in [0.1, 0.15) is 11.4 Å².